The molecule has 0 amide bonds. The molecule has 0 spiro atoms. The Kier molecular flexibility index (Phi) is 1.71. The monoisotopic (exact) mass is 261 g/mol. The minimum atomic E-state index is 0.592. The molecule has 1 aliphatic rings. The van der Waals surface area contributed by atoms with Gasteiger partial charge in [-0.1, -0.05) is 0 Å². The van der Waals surface area contributed by atoms with Crippen LogP contribution in [0.15, 0.2) is 6.20 Å². The smallest absolute Gasteiger partial charge is 0.140 e. The molecule has 11 heavy (non-hydrogen) atoms. The summed E-state index contributed by atoms with van der Waals surface area (Å²) < 4.78 is 0.937. The lowest BCUT2D eigenvalue weighted by Gasteiger charge is -1.98. The van der Waals surface area contributed by atoms with Gasteiger partial charge in [0.05, 0.1) is 3.57 Å². The molecular formula is C7H8IN3. The van der Waals surface area contributed by atoms with Gasteiger partial charge in [-0.15, -0.1) is 0 Å². The van der Waals surface area contributed by atoms with Gasteiger partial charge in [0.1, 0.15) is 11.6 Å². The molecule has 1 fully saturated rings. The zero-order valence-electron chi connectivity index (χ0n) is 5.92. The van der Waals surface area contributed by atoms with Crippen LogP contribution in [0.5, 0.6) is 0 Å². The van der Waals surface area contributed by atoms with Gasteiger partial charge in [-0.3, -0.25) is 0 Å². The Morgan fingerprint density at radius 2 is 2.27 bits per heavy atom. The van der Waals surface area contributed by atoms with E-state index in [0.717, 1.165) is 9.39 Å². The highest BCUT2D eigenvalue weighted by Gasteiger charge is 2.26. The van der Waals surface area contributed by atoms with Gasteiger partial charge in [0, 0.05) is 12.1 Å². The number of nitrogens with zero attached hydrogens (tertiary/aromatic N) is 2. The molecule has 0 atom stereocenters. The first-order valence-electron chi connectivity index (χ1n) is 3.55. The van der Waals surface area contributed by atoms with Crippen LogP contribution in [0.4, 0.5) is 5.82 Å². The standard InChI is InChI=1S/C7H8IN3/c8-5-3-10-7(4-1-2-4)11-6(5)9/h3-4H,1-2H2,(H2,9,10,11). The fourth-order valence-electron chi connectivity index (χ4n) is 0.933. The third-order valence-electron chi connectivity index (χ3n) is 1.73. The van der Waals surface area contributed by atoms with Crippen molar-refractivity contribution >= 4 is 28.4 Å². The quantitative estimate of drug-likeness (QED) is 0.780. The zero-order chi connectivity index (χ0) is 7.84. The molecule has 1 aliphatic carbocycles. The van der Waals surface area contributed by atoms with Gasteiger partial charge >= 0.3 is 0 Å². The van der Waals surface area contributed by atoms with E-state index in [-0.39, 0.29) is 0 Å². The number of hydrogen-bond acceptors (Lipinski definition) is 3. The van der Waals surface area contributed by atoms with E-state index in [1.807, 2.05) is 0 Å². The number of aromatic nitrogens is 2. The lowest BCUT2D eigenvalue weighted by Crippen LogP contribution is -1.99. The topological polar surface area (TPSA) is 51.8 Å². The Morgan fingerprint density at radius 1 is 1.55 bits per heavy atom. The molecular weight excluding hydrogens is 253 g/mol. The largest absolute Gasteiger partial charge is 0.383 e. The van der Waals surface area contributed by atoms with E-state index >= 15 is 0 Å². The molecule has 1 heterocycles. The molecule has 1 saturated carbocycles. The predicted molar refractivity (Wildman–Crippen MR) is 51.1 cm³/mol. The van der Waals surface area contributed by atoms with Gasteiger partial charge in [-0.25, -0.2) is 9.97 Å². The molecule has 0 unspecified atom stereocenters. The van der Waals surface area contributed by atoms with Crippen molar-refractivity contribution < 1.29 is 0 Å². The summed E-state index contributed by atoms with van der Waals surface area (Å²) in [5.41, 5.74) is 5.63. The highest BCUT2D eigenvalue weighted by atomic mass is 127. The van der Waals surface area contributed by atoms with Crippen LogP contribution >= 0.6 is 22.6 Å². The van der Waals surface area contributed by atoms with E-state index in [1.165, 1.54) is 12.8 Å². The lowest BCUT2D eigenvalue weighted by molar-refractivity contribution is 0.927. The Morgan fingerprint density at radius 3 is 2.82 bits per heavy atom. The van der Waals surface area contributed by atoms with Crippen LogP contribution < -0.4 is 5.73 Å². The number of nitrogen functional groups attached to an aromatic ring is 1. The maximum absolute atomic E-state index is 5.63. The van der Waals surface area contributed by atoms with E-state index in [2.05, 4.69) is 32.6 Å². The number of nitrogens with two attached hydrogens (primary N) is 1. The summed E-state index contributed by atoms with van der Waals surface area (Å²) in [6, 6.07) is 0. The molecule has 2 N–H and O–H groups in total. The van der Waals surface area contributed by atoms with Crippen LogP contribution in [0.3, 0.4) is 0 Å². The van der Waals surface area contributed by atoms with E-state index < -0.39 is 0 Å². The van der Waals surface area contributed by atoms with Crippen molar-refractivity contribution in [3.8, 4) is 0 Å². The molecule has 0 radical (unpaired) electrons. The Hall–Kier alpha value is -0.390. The van der Waals surface area contributed by atoms with Gasteiger partial charge in [0.15, 0.2) is 0 Å². The van der Waals surface area contributed by atoms with Gasteiger partial charge in [-0.2, -0.15) is 0 Å². The summed E-state index contributed by atoms with van der Waals surface area (Å²) in [4.78, 5) is 8.40. The van der Waals surface area contributed by atoms with Crippen LogP contribution in [-0.2, 0) is 0 Å². The van der Waals surface area contributed by atoms with Crippen molar-refractivity contribution in [1.82, 2.24) is 9.97 Å². The van der Waals surface area contributed by atoms with Crippen molar-refractivity contribution in [3.63, 3.8) is 0 Å². The summed E-state index contributed by atoms with van der Waals surface area (Å²) in [5.74, 6) is 2.12. The Bertz CT molecular complexity index is 283. The summed E-state index contributed by atoms with van der Waals surface area (Å²) in [7, 11) is 0. The Labute approximate surface area is 78.6 Å². The molecule has 1 aromatic rings. The predicted octanol–water partition coefficient (Wildman–Crippen LogP) is 1.54. The first-order valence-corrected chi connectivity index (χ1v) is 4.63. The molecule has 3 nitrogen and oxygen atoms in total. The van der Waals surface area contributed by atoms with Crippen LogP contribution in [0.2, 0.25) is 0 Å². The average Bonchev–Trinajstić information content (AvgIpc) is 2.77. The lowest BCUT2D eigenvalue weighted by atomic mass is 10.4. The van der Waals surface area contributed by atoms with Crippen molar-refractivity contribution in [2.24, 2.45) is 0 Å². The molecule has 4 heteroatoms. The minimum absolute atomic E-state index is 0.592. The second kappa shape index (κ2) is 2.58. The molecule has 1 aromatic heterocycles. The second-order valence-electron chi connectivity index (χ2n) is 2.74. The second-order valence-corrected chi connectivity index (χ2v) is 3.90. The third kappa shape index (κ3) is 1.45. The van der Waals surface area contributed by atoms with Gasteiger partial charge < -0.3 is 5.73 Å². The zero-order valence-corrected chi connectivity index (χ0v) is 8.08. The molecule has 0 saturated heterocycles. The number of rotatable bonds is 1. The summed E-state index contributed by atoms with van der Waals surface area (Å²) in [6.45, 7) is 0. The fraction of sp³-hybridized carbons (Fsp3) is 0.429. The molecule has 0 bridgehead atoms. The maximum Gasteiger partial charge on any atom is 0.140 e. The van der Waals surface area contributed by atoms with E-state index in [0.29, 0.717) is 11.7 Å². The third-order valence-corrected chi connectivity index (χ3v) is 2.56. The number of anilines is 1. The summed E-state index contributed by atoms with van der Waals surface area (Å²) >= 11 is 2.13. The van der Waals surface area contributed by atoms with Gasteiger partial charge in [0.25, 0.3) is 0 Å². The van der Waals surface area contributed by atoms with E-state index in [9.17, 15) is 0 Å². The van der Waals surface area contributed by atoms with Crippen molar-refractivity contribution in [2.45, 2.75) is 18.8 Å². The van der Waals surface area contributed by atoms with Crippen molar-refractivity contribution in [2.75, 3.05) is 5.73 Å². The first kappa shape index (κ1) is 7.27. The first-order chi connectivity index (χ1) is 5.27. The SMILES string of the molecule is Nc1nc(C2CC2)ncc1I. The molecule has 0 aromatic carbocycles. The molecule has 2 rings (SSSR count). The van der Waals surface area contributed by atoms with Crippen molar-refractivity contribution in [1.29, 1.82) is 0 Å². The highest BCUT2D eigenvalue weighted by Crippen LogP contribution is 2.38. The van der Waals surface area contributed by atoms with Crippen LogP contribution in [-0.4, -0.2) is 9.97 Å². The van der Waals surface area contributed by atoms with Crippen molar-refractivity contribution in [3.05, 3.63) is 15.6 Å². The maximum atomic E-state index is 5.63. The van der Waals surface area contributed by atoms with E-state index in [1.54, 1.807) is 6.20 Å². The normalized spacial score (nSPS) is 16.8. The molecule has 0 aliphatic heterocycles. The van der Waals surface area contributed by atoms with E-state index in [4.69, 9.17) is 5.73 Å². The minimum Gasteiger partial charge on any atom is -0.383 e. The number of hydrogen-bond donors (Lipinski definition) is 1. The van der Waals surface area contributed by atoms with Gasteiger partial charge in [0.2, 0.25) is 0 Å². The van der Waals surface area contributed by atoms with Gasteiger partial charge in [-0.05, 0) is 35.4 Å². The summed E-state index contributed by atoms with van der Waals surface area (Å²) in [6.07, 6.45) is 4.23. The summed E-state index contributed by atoms with van der Waals surface area (Å²) in [5, 5.41) is 0. The number of halogens is 1. The van der Waals surface area contributed by atoms with Crippen LogP contribution in [0.1, 0.15) is 24.6 Å². The average molecular weight is 261 g/mol. The highest BCUT2D eigenvalue weighted by molar-refractivity contribution is 14.1. The molecule has 58 valence electrons. The fourth-order valence-corrected chi connectivity index (χ4v) is 1.19. The van der Waals surface area contributed by atoms with Crippen LogP contribution in [0, 0.1) is 3.57 Å². The Balaban J connectivity index is 2.36. The van der Waals surface area contributed by atoms with Crippen LogP contribution in [0.25, 0.3) is 0 Å².